The van der Waals surface area contributed by atoms with Gasteiger partial charge < -0.3 is 10.8 Å². The normalized spacial score (nSPS) is 13.7. The van der Waals surface area contributed by atoms with Gasteiger partial charge in [-0.05, 0) is 6.92 Å². The predicted molar refractivity (Wildman–Crippen MR) is 21.0 cm³/mol. The van der Waals surface area contributed by atoms with Crippen LogP contribution in [0.25, 0.3) is 0 Å². The van der Waals surface area contributed by atoms with Crippen molar-refractivity contribution in [3.63, 3.8) is 0 Å². The second-order valence-electron chi connectivity index (χ2n) is 0.945. The summed E-state index contributed by atoms with van der Waals surface area (Å²) in [5, 5.41) is 7.80. The largest absolute Gasteiger partial charge is 0.480 e. The van der Waals surface area contributed by atoms with Crippen LogP contribution in [0.15, 0.2) is 0 Å². The molecular weight excluding hydrogens is 82.0 g/mol. The molecule has 0 saturated carbocycles. The van der Waals surface area contributed by atoms with Gasteiger partial charge in [0.05, 0.1) is 0 Å². The fraction of sp³-hybridized carbons (Fsp3) is 0.333. The highest BCUT2D eigenvalue weighted by Crippen LogP contribution is 1.67. The molecule has 0 aromatic rings. The number of rotatable bonds is 1. The van der Waals surface area contributed by atoms with Crippen LogP contribution in [0.3, 0.4) is 0 Å². The molecule has 0 aliphatic carbocycles. The Labute approximate surface area is 35.8 Å². The van der Waals surface area contributed by atoms with E-state index in [1.165, 1.54) is 0 Å². The van der Waals surface area contributed by atoms with Crippen molar-refractivity contribution in [2.24, 2.45) is 5.73 Å². The number of nitrogens with two attached hydrogens (primary N) is 1. The first-order valence-corrected chi connectivity index (χ1v) is 1.46. The lowest BCUT2D eigenvalue weighted by Crippen LogP contribution is -2.25. The zero-order valence-corrected chi connectivity index (χ0v) is 3.22. The van der Waals surface area contributed by atoms with E-state index in [-0.39, 0.29) is 0 Å². The number of hydrogen-bond acceptors (Lipinski definition) is 2. The molecule has 3 heteroatoms. The molecule has 1 radical (unpaired) electrons. The predicted octanol–water partition coefficient (Wildman–Crippen LogP) is -0.768. The van der Waals surface area contributed by atoms with Gasteiger partial charge in [0.25, 0.3) is 0 Å². The van der Waals surface area contributed by atoms with Gasteiger partial charge in [0.2, 0.25) is 0 Å². The molecule has 0 amide bonds. The van der Waals surface area contributed by atoms with Crippen molar-refractivity contribution in [1.29, 1.82) is 0 Å². The van der Waals surface area contributed by atoms with Gasteiger partial charge in [0, 0.05) is 0 Å². The summed E-state index contributed by atoms with van der Waals surface area (Å²) in [6, 6.07) is -0.981. The summed E-state index contributed by atoms with van der Waals surface area (Å²) in [7, 11) is 0. The van der Waals surface area contributed by atoms with Crippen molar-refractivity contribution in [2.45, 2.75) is 6.04 Å². The summed E-state index contributed by atoms with van der Waals surface area (Å²) in [5.74, 6) is -1.07. The van der Waals surface area contributed by atoms with E-state index in [1.54, 1.807) is 0 Å². The minimum atomic E-state index is -1.07. The van der Waals surface area contributed by atoms with Crippen LogP contribution in [0, 0.1) is 6.92 Å². The molecule has 0 spiro atoms. The average Bonchev–Trinajstić information content (AvgIpc) is 1.36. The smallest absolute Gasteiger partial charge is 0.320 e. The van der Waals surface area contributed by atoms with Crippen LogP contribution in [-0.4, -0.2) is 17.1 Å². The zero-order chi connectivity index (χ0) is 5.15. The second-order valence-corrected chi connectivity index (χ2v) is 0.945. The Morgan fingerprint density at radius 3 is 2.17 bits per heavy atom. The lowest BCUT2D eigenvalue weighted by molar-refractivity contribution is -0.137. The number of hydrogen-bond donors (Lipinski definition) is 2. The Bertz CT molecular complexity index is 59.8. The Hall–Kier alpha value is -0.570. The zero-order valence-electron chi connectivity index (χ0n) is 3.22. The molecule has 35 valence electrons. The first-order valence-electron chi connectivity index (χ1n) is 1.46. The topological polar surface area (TPSA) is 63.3 Å². The van der Waals surface area contributed by atoms with E-state index in [0.717, 1.165) is 0 Å². The first-order chi connectivity index (χ1) is 2.64. The van der Waals surface area contributed by atoms with Crippen molar-refractivity contribution in [3.05, 3.63) is 6.92 Å². The van der Waals surface area contributed by atoms with Crippen molar-refractivity contribution < 1.29 is 9.90 Å². The van der Waals surface area contributed by atoms with Gasteiger partial charge in [-0.15, -0.1) is 0 Å². The van der Waals surface area contributed by atoms with Crippen LogP contribution < -0.4 is 5.73 Å². The molecule has 0 aliphatic rings. The second kappa shape index (κ2) is 1.77. The quantitative estimate of drug-likeness (QED) is 0.442. The summed E-state index contributed by atoms with van der Waals surface area (Å²) >= 11 is 0. The molecule has 3 N–H and O–H groups in total. The molecule has 0 aromatic heterocycles. The summed E-state index contributed by atoms with van der Waals surface area (Å²) in [6.45, 7) is 3.02. The molecule has 3 nitrogen and oxygen atoms in total. The SMILES string of the molecule is [CH2]C(N)C(=O)O. The standard InChI is InChI=1S/C3H6NO2/c1-2(4)3(5)6/h2H,1,4H2,(H,5,6). The highest BCUT2D eigenvalue weighted by Gasteiger charge is 1.99. The van der Waals surface area contributed by atoms with Crippen LogP contribution in [0.4, 0.5) is 0 Å². The fourth-order valence-electron chi connectivity index (χ4n) is 0. The molecule has 0 bridgehead atoms. The van der Waals surface area contributed by atoms with Gasteiger partial charge in [0.1, 0.15) is 6.04 Å². The van der Waals surface area contributed by atoms with Crippen LogP contribution in [0.2, 0.25) is 0 Å². The molecule has 6 heavy (non-hydrogen) atoms. The van der Waals surface area contributed by atoms with Crippen LogP contribution in [-0.2, 0) is 4.79 Å². The number of carboxylic acids is 1. The number of carbonyl (C=O) groups is 1. The van der Waals surface area contributed by atoms with Gasteiger partial charge >= 0.3 is 5.97 Å². The maximum absolute atomic E-state index is 9.51. The molecule has 0 fully saturated rings. The molecular formula is C3H6NO2. The summed E-state index contributed by atoms with van der Waals surface area (Å²) in [5.41, 5.74) is 4.72. The highest BCUT2D eigenvalue weighted by atomic mass is 16.4. The Morgan fingerprint density at radius 2 is 2.17 bits per heavy atom. The third-order valence-corrected chi connectivity index (χ3v) is 0.317. The van der Waals surface area contributed by atoms with Crippen molar-refractivity contribution in [1.82, 2.24) is 0 Å². The Morgan fingerprint density at radius 1 is 2.00 bits per heavy atom. The third kappa shape index (κ3) is 1.72. The van der Waals surface area contributed by atoms with Crippen LogP contribution >= 0.6 is 0 Å². The maximum Gasteiger partial charge on any atom is 0.320 e. The molecule has 0 aromatic carbocycles. The highest BCUT2D eigenvalue weighted by molar-refractivity contribution is 5.73. The first kappa shape index (κ1) is 5.43. The average molecular weight is 88.1 g/mol. The minimum Gasteiger partial charge on any atom is -0.480 e. The number of aliphatic carboxylic acids is 1. The van der Waals surface area contributed by atoms with E-state index < -0.39 is 12.0 Å². The molecule has 0 saturated heterocycles. The summed E-state index contributed by atoms with van der Waals surface area (Å²) < 4.78 is 0. The summed E-state index contributed by atoms with van der Waals surface area (Å²) in [4.78, 5) is 9.51. The van der Waals surface area contributed by atoms with Gasteiger partial charge in [-0.2, -0.15) is 0 Å². The Balaban J connectivity index is 3.26. The van der Waals surface area contributed by atoms with Crippen molar-refractivity contribution >= 4 is 5.97 Å². The summed E-state index contributed by atoms with van der Waals surface area (Å²) in [6.07, 6.45) is 0. The molecule has 0 heterocycles. The van der Waals surface area contributed by atoms with E-state index in [9.17, 15) is 4.79 Å². The fourth-order valence-corrected chi connectivity index (χ4v) is 0. The monoisotopic (exact) mass is 88.0 g/mol. The van der Waals surface area contributed by atoms with E-state index in [4.69, 9.17) is 10.8 Å². The van der Waals surface area contributed by atoms with Crippen molar-refractivity contribution in [2.75, 3.05) is 0 Å². The van der Waals surface area contributed by atoms with E-state index in [2.05, 4.69) is 6.92 Å². The minimum absolute atomic E-state index is 0.981. The molecule has 1 atom stereocenters. The molecule has 0 aliphatic heterocycles. The Kier molecular flexibility index (Phi) is 1.60. The van der Waals surface area contributed by atoms with Gasteiger partial charge in [-0.1, -0.05) is 0 Å². The van der Waals surface area contributed by atoms with Crippen LogP contribution in [0.1, 0.15) is 0 Å². The van der Waals surface area contributed by atoms with Gasteiger partial charge in [-0.25, -0.2) is 0 Å². The van der Waals surface area contributed by atoms with E-state index >= 15 is 0 Å². The van der Waals surface area contributed by atoms with E-state index in [1.807, 2.05) is 0 Å². The number of carboxylic acid groups (broad SMARTS) is 1. The maximum atomic E-state index is 9.51. The van der Waals surface area contributed by atoms with Crippen molar-refractivity contribution in [3.8, 4) is 0 Å². The molecule has 1 unspecified atom stereocenters. The van der Waals surface area contributed by atoms with Gasteiger partial charge in [-0.3, -0.25) is 4.79 Å². The lowest BCUT2D eigenvalue weighted by Gasteiger charge is -1.89. The molecule has 0 rings (SSSR count). The lowest BCUT2D eigenvalue weighted by atomic mass is 10.4. The van der Waals surface area contributed by atoms with Crippen LogP contribution in [0.5, 0.6) is 0 Å². The van der Waals surface area contributed by atoms with Gasteiger partial charge in [0.15, 0.2) is 0 Å². The third-order valence-electron chi connectivity index (χ3n) is 0.317. The van der Waals surface area contributed by atoms with E-state index in [0.29, 0.717) is 0 Å².